The zero-order valence-corrected chi connectivity index (χ0v) is 18.0. The molecular formula is C24H26BrN. The average Bonchev–Trinajstić information content (AvgIpc) is 2.53. The van der Waals surface area contributed by atoms with Crippen LogP contribution in [0.2, 0.25) is 0 Å². The van der Waals surface area contributed by atoms with Gasteiger partial charge >= 0.3 is 0 Å². The van der Waals surface area contributed by atoms with Gasteiger partial charge in [-0.2, -0.15) is 0 Å². The van der Waals surface area contributed by atoms with Gasteiger partial charge in [0.15, 0.2) is 0 Å². The van der Waals surface area contributed by atoms with Gasteiger partial charge in [0, 0.05) is 4.47 Å². The van der Waals surface area contributed by atoms with Crippen molar-refractivity contribution in [2.24, 2.45) is 0 Å². The van der Waals surface area contributed by atoms with Gasteiger partial charge < -0.3 is 4.90 Å². The summed E-state index contributed by atoms with van der Waals surface area (Å²) in [5.74, 6) is 0. The highest BCUT2D eigenvalue weighted by Gasteiger charge is 2.23. The van der Waals surface area contributed by atoms with Crippen LogP contribution >= 0.6 is 15.9 Å². The molecule has 0 aromatic heterocycles. The molecular weight excluding hydrogens is 382 g/mol. The van der Waals surface area contributed by atoms with Crippen molar-refractivity contribution in [1.82, 2.24) is 0 Å². The molecule has 0 N–H and O–H groups in total. The molecule has 1 nitrogen and oxygen atoms in total. The summed E-state index contributed by atoms with van der Waals surface area (Å²) >= 11 is 3.65. The molecule has 134 valence electrons. The highest BCUT2D eigenvalue weighted by atomic mass is 79.9. The summed E-state index contributed by atoms with van der Waals surface area (Å²) in [4.78, 5) is 2.46. The van der Waals surface area contributed by atoms with E-state index < -0.39 is 0 Å². The molecule has 0 unspecified atom stereocenters. The standard InChI is InChI=1S/C24H26BrN/c1-15-9-7-10-16(2)22(15)26(23-17(3)11-8-12-18(23)4)24-19(5)13-21(25)14-20(24)6/h7-14H,1-6H3. The lowest BCUT2D eigenvalue weighted by Gasteiger charge is -2.33. The number of halogens is 1. The van der Waals surface area contributed by atoms with E-state index in [0.29, 0.717) is 0 Å². The maximum absolute atomic E-state index is 3.65. The number of aryl methyl sites for hydroxylation is 6. The number of hydrogen-bond acceptors (Lipinski definition) is 1. The first-order valence-electron chi connectivity index (χ1n) is 9.00. The van der Waals surface area contributed by atoms with Crippen molar-refractivity contribution in [2.45, 2.75) is 41.5 Å². The molecule has 0 aliphatic rings. The van der Waals surface area contributed by atoms with Crippen LogP contribution in [0.15, 0.2) is 53.0 Å². The number of para-hydroxylation sites is 2. The third-order valence-corrected chi connectivity index (χ3v) is 5.46. The van der Waals surface area contributed by atoms with Crippen molar-refractivity contribution in [3.63, 3.8) is 0 Å². The number of nitrogens with zero attached hydrogens (tertiary/aromatic N) is 1. The van der Waals surface area contributed by atoms with Crippen LogP contribution in [0.4, 0.5) is 17.1 Å². The van der Waals surface area contributed by atoms with E-state index in [1.807, 2.05) is 0 Å². The Labute approximate surface area is 165 Å². The van der Waals surface area contributed by atoms with Gasteiger partial charge in [-0.1, -0.05) is 52.3 Å². The minimum absolute atomic E-state index is 1.12. The summed E-state index contributed by atoms with van der Waals surface area (Å²) in [5, 5.41) is 0. The van der Waals surface area contributed by atoms with Gasteiger partial charge in [-0.3, -0.25) is 0 Å². The molecule has 0 aliphatic heterocycles. The summed E-state index contributed by atoms with van der Waals surface area (Å²) in [6.45, 7) is 13.2. The van der Waals surface area contributed by atoms with E-state index >= 15 is 0 Å². The van der Waals surface area contributed by atoms with E-state index in [1.54, 1.807) is 0 Å². The molecule has 0 amide bonds. The Hall–Kier alpha value is -2.06. The minimum atomic E-state index is 1.12. The van der Waals surface area contributed by atoms with Crippen LogP contribution in [0.1, 0.15) is 33.4 Å². The van der Waals surface area contributed by atoms with E-state index in [2.05, 4.69) is 111 Å². The lowest BCUT2D eigenvalue weighted by molar-refractivity contribution is 1.15. The van der Waals surface area contributed by atoms with Crippen molar-refractivity contribution < 1.29 is 0 Å². The summed E-state index contributed by atoms with van der Waals surface area (Å²) in [7, 11) is 0. The van der Waals surface area contributed by atoms with Gasteiger partial charge in [-0.15, -0.1) is 0 Å². The first-order valence-corrected chi connectivity index (χ1v) is 9.80. The van der Waals surface area contributed by atoms with Crippen molar-refractivity contribution in [2.75, 3.05) is 4.90 Å². The maximum Gasteiger partial charge on any atom is 0.0521 e. The van der Waals surface area contributed by atoms with E-state index in [1.165, 1.54) is 50.4 Å². The second-order valence-corrected chi connectivity index (χ2v) is 8.12. The third kappa shape index (κ3) is 3.31. The molecule has 0 saturated heterocycles. The molecule has 3 rings (SSSR count). The average molecular weight is 408 g/mol. The molecule has 2 heteroatoms. The van der Waals surface area contributed by atoms with E-state index in [4.69, 9.17) is 0 Å². The van der Waals surface area contributed by atoms with Crippen LogP contribution in [0.5, 0.6) is 0 Å². The van der Waals surface area contributed by atoms with E-state index in [-0.39, 0.29) is 0 Å². The second kappa shape index (κ2) is 7.28. The van der Waals surface area contributed by atoms with E-state index in [0.717, 1.165) is 4.47 Å². The normalized spacial score (nSPS) is 10.9. The molecule has 0 fully saturated rings. The van der Waals surface area contributed by atoms with Gasteiger partial charge in [0.1, 0.15) is 0 Å². The molecule has 26 heavy (non-hydrogen) atoms. The van der Waals surface area contributed by atoms with Gasteiger partial charge in [0.05, 0.1) is 17.1 Å². The summed E-state index contributed by atoms with van der Waals surface area (Å²) in [6, 6.07) is 17.5. The molecule has 0 atom stereocenters. The highest BCUT2D eigenvalue weighted by molar-refractivity contribution is 9.10. The van der Waals surface area contributed by atoms with Crippen LogP contribution in [0.3, 0.4) is 0 Å². The van der Waals surface area contributed by atoms with Crippen molar-refractivity contribution >= 4 is 33.0 Å². The lowest BCUT2D eigenvalue weighted by atomic mass is 9.99. The predicted molar refractivity (Wildman–Crippen MR) is 117 cm³/mol. The first-order chi connectivity index (χ1) is 12.3. The van der Waals surface area contributed by atoms with Gasteiger partial charge in [-0.05, 0) is 87.1 Å². The molecule has 0 aliphatic carbocycles. The second-order valence-electron chi connectivity index (χ2n) is 7.20. The quantitative estimate of drug-likeness (QED) is 0.428. The van der Waals surface area contributed by atoms with Crippen LogP contribution in [-0.4, -0.2) is 0 Å². The maximum atomic E-state index is 3.65. The van der Waals surface area contributed by atoms with Gasteiger partial charge in [-0.25, -0.2) is 0 Å². The Morgan fingerprint density at radius 3 is 1.19 bits per heavy atom. The zero-order chi connectivity index (χ0) is 19.0. The molecule has 0 saturated carbocycles. The summed E-state index contributed by atoms with van der Waals surface area (Å²) < 4.78 is 1.12. The highest BCUT2D eigenvalue weighted by Crippen LogP contribution is 2.44. The molecule has 0 radical (unpaired) electrons. The van der Waals surface area contributed by atoms with Gasteiger partial charge in [0.25, 0.3) is 0 Å². The fraction of sp³-hybridized carbons (Fsp3) is 0.250. The first kappa shape index (κ1) is 18.7. The number of anilines is 3. The smallest absolute Gasteiger partial charge is 0.0521 e. The Kier molecular flexibility index (Phi) is 5.24. The van der Waals surface area contributed by atoms with Gasteiger partial charge in [0.2, 0.25) is 0 Å². The lowest BCUT2D eigenvalue weighted by Crippen LogP contribution is -2.17. The number of hydrogen-bond donors (Lipinski definition) is 0. The van der Waals surface area contributed by atoms with Crippen molar-refractivity contribution in [1.29, 1.82) is 0 Å². The fourth-order valence-electron chi connectivity index (χ4n) is 3.91. The zero-order valence-electron chi connectivity index (χ0n) is 16.4. The van der Waals surface area contributed by atoms with Crippen LogP contribution in [0, 0.1) is 41.5 Å². The molecule has 3 aromatic rings. The van der Waals surface area contributed by atoms with E-state index in [9.17, 15) is 0 Å². The van der Waals surface area contributed by atoms with Crippen LogP contribution < -0.4 is 4.90 Å². The third-order valence-electron chi connectivity index (χ3n) is 5.01. The van der Waals surface area contributed by atoms with Crippen LogP contribution in [-0.2, 0) is 0 Å². The molecule has 3 aromatic carbocycles. The Balaban J connectivity index is 2.43. The van der Waals surface area contributed by atoms with Crippen LogP contribution in [0.25, 0.3) is 0 Å². The largest absolute Gasteiger partial charge is 0.309 e. The molecule has 0 bridgehead atoms. The molecule has 0 spiro atoms. The number of rotatable bonds is 3. The summed E-state index contributed by atoms with van der Waals surface area (Å²) in [5.41, 5.74) is 11.5. The monoisotopic (exact) mass is 407 g/mol. The SMILES string of the molecule is Cc1cccc(C)c1N(c1c(C)cccc1C)c1c(C)cc(Br)cc1C. The topological polar surface area (TPSA) is 3.24 Å². The Morgan fingerprint density at radius 1 is 0.538 bits per heavy atom. The fourth-order valence-corrected chi connectivity index (χ4v) is 4.59. The minimum Gasteiger partial charge on any atom is -0.309 e. The van der Waals surface area contributed by atoms with Crippen molar-refractivity contribution in [3.05, 3.63) is 86.4 Å². The Bertz CT molecular complexity index is 857. The predicted octanol–water partition coefficient (Wildman–Crippen LogP) is 7.77. The summed E-state index contributed by atoms with van der Waals surface area (Å²) in [6.07, 6.45) is 0. The molecule has 0 heterocycles. The Morgan fingerprint density at radius 2 is 0.846 bits per heavy atom. The van der Waals surface area contributed by atoms with Crippen molar-refractivity contribution in [3.8, 4) is 0 Å². The number of benzene rings is 3.